The minimum absolute atomic E-state index is 0.349. The Morgan fingerprint density at radius 2 is 1.95 bits per heavy atom. The summed E-state index contributed by atoms with van der Waals surface area (Å²) in [5.74, 6) is 6.22. The fraction of sp³-hybridized carbons (Fsp3) is 0.778. The fourth-order valence-electron chi connectivity index (χ4n) is 10.5. The van der Waals surface area contributed by atoms with Crippen molar-refractivity contribution in [1.29, 1.82) is 0 Å². The maximum absolute atomic E-state index is 12.6. The van der Waals surface area contributed by atoms with Crippen LogP contribution in [0.5, 0.6) is 0 Å². The Hall–Kier alpha value is -1.69. The van der Waals surface area contributed by atoms with Gasteiger partial charge in [-0.15, -0.1) is 6.58 Å². The highest BCUT2D eigenvalue weighted by atomic mass is 32.2. The number of amides is 1. The highest BCUT2D eigenvalue weighted by Crippen LogP contribution is 2.69. The lowest BCUT2D eigenvalue weighted by molar-refractivity contribution is -0.136. The van der Waals surface area contributed by atoms with Crippen LogP contribution in [0.2, 0.25) is 0 Å². The van der Waals surface area contributed by atoms with Gasteiger partial charge in [0.2, 0.25) is 0 Å². The van der Waals surface area contributed by atoms with Gasteiger partial charge in [0.05, 0.1) is 6.61 Å². The summed E-state index contributed by atoms with van der Waals surface area (Å²) in [7, 11) is 0. The van der Waals surface area contributed by atoms with E-state index >= 15 is 0 Å². The molecule has 0 aromatic carbocycles. The van der Waals surface area contributed by atoms with Crippen molar-refractivity contribution >= 4 is 23.9 Å². The van der Waals surface area contributed by atoms with Gasteiger partial charge in [-0.3, -0.25) is 4.72 Å². The number of rotatable bonds is 12. The SMILES string of the molecule is C=CCN(CCCC)c1ccc(SNC(=O)OCCC2CCC3C4C[C@H](CC)C5CCCCC5(C)[C@H]4CCC23C)cn1. The van der Waals surface area contributed by atoms with Gasteiger partial charge in [-0.05, 0) is 128 Å². The number of nitrogens with one attached hydrogen (secondary N) is 1. The van der Waals surface area contributed by atoms with E-state index in [0.717, 1.165) is 72.7 Å². The van der Waals surface area contributed by atoms with E-state index in [2.05, 4.69) is 48.9 Å². The molecule has 6 heteroatoms. The molecule has 5 rings (SSSR count). The van der Waals surface area contributed by atoms with Crippen molar-refractivity contribution in [3.8, 4) is 0 Å². The topological polar surface area (TPSA) is 54.5 Å². The molecule has 5 nitrogen and oxygen atoms in total. The van der Waals surface area contributed by atoms with E-state index in [1.54, 1.807) is 0 Å². The number of ether oxygens (including phenoxy) is 1. The van der Waals surface area contributed by atoms with E-state index in [-0.39, 0.29) is 6.09 Å². The zero-order valence-electron chi connectivity index (χ0n) is 26.9. The summed E-state index contributed by atoms with van der Waals surface area (Å²) in [4.78, 5) is 20.3. The van der Waals surface area contributed by atoms with Crippen LogP contribution in [0.25, 0.3) is 0 Å². The molecule has 234 valence electrons. The Bertz CT molecular complexity index is 1050. The second kappa shape index (κ2) is 13.9. The third kappa shape index (κ3) is 6.40. The van der Waals surface area contributed by atoms with Crippen molar-refractivity contribution in [2.45, 2.75) is 116 Å². The van der Waals surface area contributed by atoms with Gasteiger partial charge in [0, 0.05) is 24.2 Å². The van der Waals surface area contributed by atoms with E-state index < -0.39 is 0 Å². The lowest BCUT2D eigenvalue weighted by Gasteiger charge is -2.62. The second-order valence-corrected chi connectivity index (χ2v) is 15.4. The summed E-state index contributed by atoms with van der Waals surface area (Å²) in [6.45, 7) is 16.1. The van der Waals surface area contributed by atoms with Crippen molar-refractivity contribution < 1.29 is 9.53 Å². The minimum Gasteiger partial charge on any atom is -0.449 e. The van der Waals surface area contributed by atoms with E-state index in [1.165, 1.54) is 76.2 Å². The van der Waals surface area contributed by atoms with Crippen LogP contribution in [0.1, 0.15) is 111 Å². The number of carbonyl (C=O) groups excluding carboxylic acids is 1. The Balaban J connectivity index is 1.10. The molecule has 0 radical (unpaired) electrons. The molecule has 1 aromatic rings. The third-order valence-corrected chi connectivity index (χ3v) is 13.3. The number of anilines is 1. The quantitative estimate of drug-likeness (QED) is 0.193. The van der Waals surface area contributed by atoms with Gasteiger partial charge >= 0.3 is 6.09 Å². The van der Waals surface area contributed by atoms with Crippen LogP contribution in [0.3, 0.4) is 0 Å². The van der Waals surface area contributed by atoms with Crippen LogP contribution in [0.4, 0.5) is 10.6 Å². The second-order valence-electron chi connectivity index (χ2n) is 14.5. The lowest BCUT2D eigenvalue weighted by Crippen LogP contribution is -2.55. The van der Waals surface area contributed by atoms with Crippen LogP contribution in [-0.2, 0) is 4.74 Å². The Morgan fingerprint density at radius 3 is 2.69 bits per heavy atom. The number of carbonyl (C=O) groups is 1. The van der Waals surface area contributed by atoms with Crippen LogP contribution in [0, 0.1) is 46.3 Å². The average Bonchev–Trinajstić information content (AvgIpc) is 3.34. The molecule has 4 saturated carbocycles. The van der Waals surface area contributed by atoms with Gasteiger partial charge in [0.15, 0.2) is 0 Å². The smallest absolute Gasteiger partial charge is 0.417 e. The zero-order chi connectivity index (χ0) is 29.7. The van der Waals surface area contributed by atoms with Gasteiger partial charge < -0.3 is 9.64 Å². The van der Waals surface area contributed by atoms with Crippen molar-refractivity contribution in [2.75, 3.05) is 24.6 Å². The molecule has 4 aliphatic carbocycles. The lowest BCUT2D eigenvalue weighted by atomic mass is 9.42. The number of fused-ring (bicyclic) bond motifs is 5. The average molecular weight is 596 g/mol. The summed E-state index contributed by atoms with van der Waals surface area (Å²) in [5, 5.41) is 0. The number of unbranched alkanes of at least 4 members (excludes halogenated alkanes) is 1. The predicted molar refractivity (Wildman–Crippen MR) is 176 cm³/mol. The fourth-order valence-corrected chi connectivity index (χ4v) is 11.0. The minimum atomic E-state index is -0.349. The van der Waals surface area contributed by atoms with Crippen LogP contribution < -0.4 is 9.62 Å². The molecule has 1 heterocycles. The molecule has 0 bridgehead atoms. The van der Waals surface area contributed by atoms with Gasteiger partial charge in [0.1, 0.15) is 5.82 Å². The molecule has 1 aromatic heterocycles. The van der Waals surface area contributed by atoms with Crippen molar-refractivity contribution in [1.82, 2.24) is 9.71 Å². The molecule has 4 aliphatic rings. The first-order valence-corrected chi connectivity index (χ1v) is 18.1. The van der Waals surface area contributed by atoms with Crippen LogP contribution >= 0.6 is 11.9 Å². The molecule has 0 aliphatic heterocycles. The molecule has 1 amide bonds. The number of nitrogens with zero attached hydrogens (tertiary/aromatic N) is 2. The molecule has 0 saturated heterocycles. The van der Waals surface area contributed by atoms with Crippen molar-refractivity contribution in [3.63, 3.8) is 0 Å². The largest absolute Gasteiger partial charge is 0.449 e. The normalized spacial score (nSPS) is 35.4. The Labute approximate surface area is 260 Å². The third-order valence-electron chi connectivity index (χ3n) is 12.6. The summed E-state index contributed by atoms with van der Waals surface area (Å²) in [6, 6.07) is 4.03. The van der Waals surface area contributed by atoms with E-state index in [9.17, 15) is 4.79 Å². The summed E-state index contributed by atoms with van der Waals surface area (Å²) < 4.78 is 8.57. The molecular formula is C36H57N3O2S. The van der Waals surface area contributed by atoms with Crippen LogP contribution in [-0.4, -0.2) is 30.8 Å². The predicted octanol–water partition coefficient (Wildman–Crippen LogP) is 9.68. The van der Waals surface area contributed by atoms with Crippen molar-refractivity contribution in [3.05, 3.63) is 31.0 Å². The standard InChI is InChI=1S/C36H57N3O2S/c1-6-9-22-39(21-7-2)33-16-14-28(25-37-33)42-38-34(40)41-23-18-27-13-15-31-29-24-26(8-3)30-12-10-11-19-36(30,5)32(29)17-20-35(27,31)4/h7,14,16,25-27,29-32H,2,6,8-13,15,17-24H2,1,3-5H3,(H,38,40)/t26-,27?,29?,30?,31?,32-,35?,36?/m0/s1. The number of pyridine rings is 1. The molecule has 42 heavy (non-hydrogen) atoms. The Kier molecular flexibility index (Phi) is 10.5. The van der Waals surface area contributed by atoms with E-state index in [0.29, 0.717) is 23.4 Å². The van der Waals surface area contributed by atoms with Crippen molar-refractivity contribution in [2.24, 2.45) is 46.3 Å². The highest BCUT2D eigenvalue weighted by Gasteiger charge is 2.61. The number of aromatic nitrogens is 1. The summed E-state index contributed by atoms with van der Waals surface area (Å²) >= 11 is 1.28. The number of hydrogen-bond donors (Lipinski definition) is 1. The number of hydrogen-bond acceptors (Lipinski definition) is 5. The van der Waals surface area contributed by atoms with Gasteiger partial charge in [-0.25, -0.2) is 9.78 Å². The molecule has 8 atom stereocenters. The van der Waals surface area contributed by atoms with Crippen LogP contribution in [0.15, 0.2) is 35.9 Å². The van der Waals surface area contributed by atoms with E-state index in [1.807, 2.05) is 24.4 Å². The molecule has 4 fully saturated rings. The maximum Gasteiger partial charge on any atom is 0.417 e. The first kappa shape index (κ1) is 31.7. The monoisotopic (exact) mass is 595 g/mol. The van der Waals surface area contributed by atoms with Gasteiger partial charge in [0.25, 0.3) is 0 Å². The first-order valence-electron chi connectivity index (χ1n) is 17.3. The molecular weight excluding hydrogens is 538 g/mol. The first-order chi connectivity index (χ1) is 20.3. The van der Waals surface area contributed by atoms with E-state index in [4.69, 9.17) is 4.74 Å². The van der Waals surface area contributed by atoms with Gasteiger partial charge in [-0.1, -0.05) is 59.5 Å². The molecule has 0 spiro atoms. The molecule has 1 N–H and O–H groups in total. The summed E-state index contributed by atoms with van der Waals surface area (Å²) in [5.41, 5.74) is 0.992. The van der Waals surface area contributed by atoms with Gasteiger partial charge in [-0.2, -0.15) is 0 Å². The Morgan fingerprint density at radius 1 is 1.12 bits per heavy atom. The zero-order valence-corrected chi connectivity index (χ0v) is 27.7. The molecule has 6 unspecified atom stereocenters. The summed E-state index contributed by atoms with van der Waals surface area (Å²) in [6.07, 6.45) is 20.8. The highest BCUT2D eigenvalue weighted by molar-refractivity contribution is 7.98. The maximum atomic E-state index is 12.6.